The molecule has 0 unspecified atom stereocenters. The van der Waals surface area contributed by atoms with Crippen LogP contribution in [0.5, 0.6) is 0 Å². The zero-order valence-electron chi connectivity index (χ0n) is 12.4. The van der Waals surface area contributed by atoms with E-state index in [1.54, 1.807) is 4.68 Å². The van der Waals surface area contributed by atoms with Gasteiger partial charge in [0.25, 0.3) is 0 Å². The molecule has 3 rings (SSSR count). The highest BCUT2D eigenvalue weighted by Gasteiger charge is 2.07. The molecule has 116 valence electrons. The van der Waals surface area contributed by atoms with Gasteiger partial charge in [0.15, 0.2) is 0 Å². The van der Waals surface area contributed by atoms with E-state index in [-0.39, 0.29) is 5.91 Å². The van der Waals surface area contributed by atoms with E-state index < -0.39 is 0 Å². The Bertz CT molecular complexity index is 815. The highest BCUT2D eigenvalue weighted by molar-refractivity contribution is 9.10. The second-order valence-electron chi connectivity index (χ2n) is 5.11. The number of carbonyl (C=O) groups excluding carboxylic acids is 1. The highest BCUT2D eigenvalue weighted by Crippen LogP contribution is 2.21. The third-order valence-electron chi connectivity index (χ3n) is 3.39. The van der Waals surface area contributed by atoms with Gasteiger partial charge in [0, 0.05) is 10.2 Å². The SMILES string of the molecule is Cc1ccc(Br)cc1NC(=O)Cc1ccc(-n2cnnn2)cc1. The fraction of sp³-hybridized carbons (Fsp3) is 0.125. The topological polar surface area (TPSA) is 72.7 Å². The van der Waals surface area contributed by atoms with E-state index in [0.29, 0.717) is 6.42 Å². The Morgan fingerprint density at radius 2 is 2.00 bits per heavy atom. The third kappa shape index (κ3) is 3.81. The molecular formula is C16H14BrN5O. The quantitative estimate of drug-likeness (QED) is 0.765. The Balaban J connectivity index is 1.67. The summed E-state index contributed by atoms with van der Waals surface area (Å²) in [4.78, 5) is 12.2. The number of aryl methyl sites for hydroxylation is 1. The Hall–Kier alpha value is -2.54. The average molecular weight is 372 g/mol. The first-order chi connectivity index (χ1) is 11.1. The molecule has 0 aliphatic carbocycles. The van der Waals surface area contributed by atoms with Crippen molar-refractivity contribution >= 4 is 27.5 Å². The summed E-state index contributed by atoms with van der Waals surface area (Å²) in [5, 5.41) is 13.9. The predicted octanol–water partition coefficient (Wildman–Crippen LogP) is 2.91. The summed E-state index contributed by atoms with van der Waals surface area (Å²) in [6, 6.07) is 13.3. The van der Waals surface area contributed by atoms with E-state index in [1.165, 1.54) is 6.33 Å². The predicted molar refractivity (Wildman–Crippen MR) is 90.4 cm³/mol. The van der Waals surface area contributed by atoms with Crippen molar-refractivity contribution in [2.24, 2.45) is 0 Å². The van der Waals surface area contributed by atoms with Gasteiger partial charge in [-0.25, -0.2) is 4.68 Å². The summed E-state index contributed by atoms with van der Waals surface area (Å²) in [7, 11) is 0. The molecular weight excluding hydrogens is 358 g/mol. The summed E-state index contributed by atoms with van der Waals surface area (Å²) in [5.74, 6) is -0.0543. The van der Waals surface area contributed by atoms with Crippen molar-refractivity contribution in [3.8, 4) is 5.69 Å². The van der Waals surface area contributed by atoms with Gasteiger partial charge in [-0.3, -0.25) is 4.79 Å². The van der Waals surface area contributed by atoms with E-state index in [9.17, 15) is 4.79 Å². The summed E-state index contributed by atoms with van der Waals surface area (Å²) in [6.45, 7) is 1.96. The standard InChI is InChI=1S/C16H14BrN5O/c1-11-2-5-13(17)9-15(11)19-16(23)8-12-3-6-14(7-4-12)22-10-18-20-21-22/h2-7,9-10H,8H2,1H3,(H,19,23). The number of hydrogen-bond acceptors (Lipinski definition) is 4. The minimum absolute atomic E-state index is 0.0543. The number of rotatable bonds is 4. The lowest BCUT2D eigenvalue weighted by Crippen LogP contribution is -2.15. The lowest BCUT2D eigenvalue weighted by Gasteiger charge is -2.09. The molecule has 0 saturated carbocycles. The van der Waals surface area contributed by atoms with Crippen LogP contribution < -0.4 is 5.32 Å². The summed E-state index contributed by atoms with van der Waals surface area (Å²) in [5.41, 5.74) is 3.61. The fourth-order valence-corrected chi connectivity index (χ4v) is 2.52. The number of carbonyl (C=O) groups is 1. The Labute approximate surface area is 141 Å². The van der Waals surface area contributed by atoms with Crippen molar-refractivity contribution in [3.05, 3.63) is 64.4 Å². The second-order valence-corrected chi connectivity index (χ2v) is 6.02. The van der Waals surface area contributed by atoms with Gasteiger partial charge in [0.1, 0.15) is 6.33 Å². The smallest absolute Gasteiger partial charge is 0.228 e. The van der Waals surface area contributed by atoms with Crippen LogP contribution in [0.1, 0.15) is 11.1 Å². The van der Waals surface area contributed by atoms with Gasteiger partial charge in [0.2, 0.25) is 5.91 Å². The van der Waals surface area contributed by atoms with Gasteiger partial charge >= 0.3 is 0 Å². The molecule has 0 atom stereocenters. The molecule has 7 heteroatoms. The molecule has 1 N–H and O–H groups in total. The lowest BCUT2D eigenvalue weighted by atomic mass is 10.1. The van der Waals surface area contributed by atoms with Gasteiger partial charge < -0.3 is 5.32 Å². The van der Waals surface area contributed by atoms with Crippen LogP contribution in [0.2, 0.25) is 0 Å². The number of nitrogens with zero attached hydrogens (tertiary/aromatic N) is 4. The maximum atomic E-state index is 12.2. The van der Waals surface area contributed by atoms with Crippen LogP contribution >= 0.6 is 15.9 Å². The molecule has 1 aromatic heterocycles. The van der Waals surface area contributed by atoms with Gasteiger partial charge in [-0.05, 0) is 52.7 Å². The minimum Gasteiger partial charge on any atom is -0.326 e. The molecule has 0 saturated heterocycles. The van der Waals surface area contributed by atoms with Gasteiger partial charge in [-0.15, -0.1) is 5.10 Å². The highest BCUT2D eigenvalue weighted by atomic mass is 79.9. The summed E-state index contributed by atoms with van der Waals surface area (Å²) >= 11 is 3.41. The van der Waals surface area contributed by atoms with Crippen LogP contribution in [0.4, 0.5) is 5.69 Å². The van der Waals surface area contributed by atoms with Crippen LogP contribution in [-0.4, -0.2) is 26.1 Å². The molecule has 0 fully saturated rings. The number of amides is 1. The van der Waals surface area contributed by atoms with Crippen LogP contribution in [0.15, 0.2) is 53.3 Å². The molecule has 1 amide bonds. The van der Waals surface area contributed by atoms with E-state index >= 15 is 0 Å². The van der Waals surface area contributed by atoms with Gasteiger partial charge in [-0.1, -0.05) is 34.1 Å². The zero-order chi connectivity index (χ0) is 16.2. The largest absolute Gasteiger partial charge is 0.326 e. The Morgan fingerprint density at radius 3 is 2.70 bits per heavy atom. The molecule has 2 aromatic carbocycles. The zero-order valence-corrected chi connectivity index (χ0v) is 14.0. The van der Waals surface area contributed by atoms with Crippen LogP contribution in [0.25, 0.3) is 5.69 Å². The molecule has 6 nitrogen and oxygen atoms in total. The van der Waals surface area contributed by atoms with Gasteiger partial charge in [-0.2, -0.15) is 0 Å². The number of aromatic nitrogens is 4. The molecule has 0 radical (unpaired) electrons. The van der Waals surface area contributed by atoms with Crippen LogP contribution in [-0.2, 0) is 11.2 Å². The number of anilines is 1. The molecule has 3 aromatic rings. The molecule has 0 aliphatic heterocycles. The number of benzene rings is 2. The van der Waals surface area contributed by atoms with Crippen molar-refractivity contribution in [3.63, 3.8) is 0 Å². The van der Waals surface area contributed by atoms with Crippen LogP contribution in [0.3, 0.4) is 0 Å². The van der Waals surface area contributed by atoms with E-state index in [1.807, 2.05) is 49.4 Å². The monoisotopic (exact) mass is 371 g/mol. The maximum absolute atomic E-state index is 12.2. The number of halogens is 1. The molecule has 0 bridgehead atoms. The van der Waals surface area contributed by atoms with Crippen molar-refractivity contribution in [2.75, 3.05) is 5.32 Å². The third-order valence-corrected chi connectivity index (χ3v) is 3.88. The number of tetrazole rings is 1. The Kier molecular flexibility index (Phi) is 4.47. The van der Waals surface area contributed by atoms with Gasteiger partial charge in [0.05, 0.1) is 12.1 Å². The molecule has 23 heavy (non-hydrogen) atoms. The first-order valence-electron chi connectivity index (χ1n) is 7.00. The minimum atomic E-state index is -0.0543. The lowest BCUT2D eigenvalue weighted by molar-refractivity contribution is -0.115. The molecule has 1 heterocycles. The van der Waals surface area contributed by atoms with Crippen molar-refractivity contribution in [2.45, 2.75) is 13.3 Å². The molecule has 0 aliphatic rings. The van der Waals surface area contributed by atoms with E-state index in [2.05, 4.69) is 36.8 Å². The number of hydrogen-bond donors (Lipinski definition) is 1. The van der Waals surface area contributed by atoms with Crippen molar-refractivity contribution in [1.29, 1.82) is 0 Å². The van der Waals surface area contributed by atoms with Crippen LogP contribution in [0, 0.1) is 6.92 Å². The normalized spacial score (nSPS) is 10.5. The second kappa shape index (κ2) is 6.70. The maximum Gasteiger partial charge on any atom is 0.228 e. The van der Waals surface area contributed by atoms with Crippen molar-refractivity contribution < 1.29 is 4.79 Å². The summed E-state index contributed by atoms with van der Waals surface area (Å²) in [6.07, 6.45) is 1.83. The first-order valence-corrected chi connectivity index (χ1v) is 7.79. The van der Waals surface area contributed by atoms with Crippen molar-refractivity contribution in [1.82, 2.24) is 20.2 Å². The Morgan fingerprint density at radius 1 is 1.22 bits per heavy atom. The fourth-order valence-electron chi connectivity index (χ4n) is 2.15. The molecule has 0 spiro atoms. The first kappa shape index (κ1) is 15.4. The average Bonchev–Trinajstić information content (AvgIpc) is 3.06. The van der Waals surface area contributed by atoms with E-state index in [0.717, 1.165) is 27.0 Å². The summed E-state index contributed by atoms with van der Waals surface area (Å²) < 4.78 is 2.50. The number of nitrogens with one attached hydrogen (secondary N) is 1. The van der Waals surface area contributed by atoms with E-state index in [4.69, 9.17) is 0 Å².